The molecule has 4 aromatic rings. The monoisotopic (exact) mass is 508 g/mol. The van der Waals surface area contributed by atoms with E-state index in [2.05, 4.69) is 27.0 Å². The van der Waals surface area contributed by atoms with Gasteiger partial charge in [-0.15, -0.1) is 4.91 Å². The van der Waals surface area contributed by atoms with Gasteiger partial charge in [0.15, 0.2) is 0 Å². The molecule has 186 valence electrons. The minimum atomic E-state index is -1.36. The summed E-state index contributed by atoms with van der Waals surface area (Å²) in [6.07, 6.45) is 1.99. The Bertz CT molecular complexity index is 1570. The van der Waals surface area contributed by atoms with Crippen LogP contribution in [-0.2, 0) is 24.4 Å². The number of carbonyl (C=O) groups is 1. The molecule has 0 saturated carbocycles. The lowest BCUT2D eigenvalue weighted by molar-refractivity contribution is -0.126. The summed E-state index contributed by atoms with van der Waals surface area (Å²) in [6.45, 7) is 5.50. The summed E-state index contributed by atoms with van der Waals surface area (Å²) >= 11 is 6.00. The van der Waals surface area contributed by atoms with Crippen LogP contribution in [-0.4, -0.2) is 24.6 Å². The predicted octanol–water partition coefficient (Wildman–Crippen LogP) is 4.14. The number of nitroso groups, excluding NO2 is 1. The number of aryl methyl sites for hydroxylation is 1. The average molecular weight is 509 g/mol. The molecule has 4 rings (SSSR count). The number of fused-ring (bicyclic) bond motifs is 1. The highest BCUT2D eigenvalue weighted by Crippen LogP contribution is 2.23. The Morgan fingerprint density at radius 3 is 2.47 bits per heavy atom. The summed E-state index contributed by atoms with van der Waals surface area (Å²) < 4.78 is 4.25. The van der Waals surface area contributed by atoms with Gasteiger partial charge in [-0.2, -0.15) is 4.98 Å². The molecule has 1 N–H and O–H groups in total. The second kappa shape index (κ2) is 9.90. The highest BCUT2D eigenvalue weighted by Gasteiger charge is 2.31. The molecule has 0 saturated heterocycles. The second-order valence-electron chi connectivity index (χ2n) is 9.08. The van der Waals surface area contributed by atoms with Crippen LogP contribution in [0.4, 0.5) is 11.6 Å². The molecule has 2 aromatic carbocycles. The van der Waals surface area contributed by atoms with Crippen LogP contribution in [0.25, 0.3) is 10.9 Å². The first-order valence-electron chi connectivity index (χ1n) is 11.3. The van der Waals surface area contributed by atoms with E-state index in [4.69, 9.17) is 11.6 Å². The lowest BCUT2D eigenvalue weighted by Gasteiger charge is -2.21. The van der Waals surface area contributed by atoms with Gasteiger partial charge in [-0.05, 0) is 62.7 Å². The van der Waals surface area contributed by atoms with Crippen molar-refractivity contribution in [3.8, 4) is 0 Å². The first-order chi connectivity index (χ1) is 17.1. The van der Waals surface area contributed by atoms with Crippen molar-refractivity contribution in [1.82, 2.24) is 18.7 Å². The van der Waals surface area contributed by atoms with Crippen LogP contribution in [0.15, 0.2) is 69.5 Å². The molecule has 36 heavy (non-hydrogen) atoms. The van der Waals surface area contributed by atoms with Crippen LogP contribution in [0.5, 0.6) is 0 Å². The van der Waals surface area contributed by atoms with E-state index < -0.39 is 22.7 Å². The molecule has 0 radical (unpaired) electrons. The van der Waals surface area contributed by atoms with E-state index in [9.17, 15) is 19.3 Å². The topological polar surface area (TPSA) is 120 Å². The first kappa shape index (κ1) is 25.1. The van der Waals surface area contributed by atoms with Gasteiger partial charge in [-0.1, -0.05) is 23.7 Å². The molecular formula is C25H25ClN6O4. The van der Waals surface area contributed by atoms with Gasteiger partial charge in [0.25, 0.3) is 5.91 Å². The fourth-order valence-corrected chi connectivity index (χ4v) is 4.07. The van der Waals surface area contributed by atoms with E-state index >= 15 is 0 Å². The van der Waals surface area contributed by atoms with E-state index in [-0.39, 0.29) is 19.0 Å². The van der Waals surface area contributed by atoms with Crippen molar-refractivity contribution < 1.29 is 4.79 Å². The molecule has 0 bridgehead atoms. The van der Waals surface area contributed by atoms with E-state index in [0.29, 0.717) is 10.7 Å². The Balaban J connectivity index is 1.80. The summed E-state index contributed by atoms with van der Waals surface area (Å²) in [5.41, 5.74) is -0.447. The summed E-state index contributed by atoms with van der Waals surface area (Å²) in [7, 11) is 0. The lowest BCUT2D eigenvalue weighted by atomic mass is 9.93. The number of halogens is 1. The minimum absolute atomic E-state index is 0.0446. The number of benzene rings is 2. The van der Waals surface area contributed by atoms with Crippen molar-refractivity contribution in [1.29, 1.82) is 0 Å². The number of rotatable bonds is 8. The van der Waals surface area contributed by atoms with Crippen molar-refractivity contribution >= 4 is 40.0 Å². The average Bonchev–Trinajstić information content (AvgIpc) is 3.27. The third-order valence-electron chi connectivity index (χ3n) is 5.99. The third-order valence-corrected chi connectivity index (χ3v) is 6.24. The van der Waals surface area contributed by atoms with Crippen LogP contribution in [0.2, 0.25) is 5.02 Å². The van der Waals surface area contributed by atoms with Crippen molar-refractivity contribution in [3.05, 3.63) is 91.2 Å². The van der Waals surface area contributed by atoms with Crippen LogP contribution < -0.4 is 16.7 Å². The van der Waals surface area contributed by atoms with E-state index in [1.165, 1.54) is 18.4 Å². The van der Waals surface area contributed by atoms with Crippen molar-refractivity contribution in [3.63, 3.8) is 0 Å². The maximum atomic E-state index is 13.5. The number of amides is 1. The first-order valence-corrected chi connectivity index (χ1v) is 11.7. The van der Waals surface area contributed by atoms with Gasteiger partial charge < -0.3 is 9.88 Å². The number of hydrogen-bond acceptors (Lipinski definition) is 6. The number of nitrogens with one attached hydrogen (secondary N) is 1. The van der Waals surface area contributed by atoms with Crippen molar-refractivity contribution in [2.45, 2.75) is 40.4 Å². The van der Waals surface area contributed by atoms with Crippen LogP contribution in [0, 0.1) is 10.3 Å². The highest BCUT2D eigenvalue weighted by atomic mass is 35.5. The lowest BCUT2D eigenvalue weighted by Crippen LogP contribution is -2.46. The number of nitrogens with zero attached hydrogens (tertiary/aromatic N) is 5. The van der Waals surface area contributed by atoms with Gasteiger partial charge in [0, 0.05) is 46.1 Å². The molecule has 2 heterocycles. The largest absolute Gasteiger partial charge is 0.354 e. The van der Waals surface area contributed by atoms with E-state index in [1.54, 1.807) is 24.3 Å². The smallest absolute Gasteiger partial charge is 0.348 e. The molecular weight excluding hydrogens is 484 g/mol. The van der Waals surface area contributed by atoms with Crippen LogP contribution >= 0.6 is 11.6 Å². The highest BCUT2D eigenvalue weighted by molar-refractivity contribution is 6.30. The Morgan fingerprint density at radius 2 is 1.81 bits per heavy atom. The van der Waals surface area contributed by atoms with Crippen molar-refractivity contribution in [2.75, 3.05) is 5.32 Å². The SMILES string of the molecule is CCn1ccc2cc(Nc3nc(=O)n(CC(C)(C)C(=O)N=O)c(=O)n3Cc3ccc(Cl)cc3)ccc21. The second-order valence-corrected chi connectivity index (χ2v) is 9.52. The number of anilines is 2. The molecule has 0 unspecified atom stereocenters. The maximum Gasteiger partial charge on any atom is 0.354 e. The molecule has 0 aliphatic heterocycles. The molecule has 0 spiro atoms. The van der Waals surface area contributed by atoms with E-state index in [0.717, 1.165) is 27.6 Å². The zero-order chi connectivity index (χ0) is 26.0. The minimum Gasteiger partial charge on any atom is -0.348 e. The number of hydrogen-bond donors (Lipinski definition) is 1. The zero-order valence-corrected chi connectivity index (χ0v) is 20.8. The molecule has 10 nitrogen and oxygen atoms in total. The molecule has 0 atom stereocenters. The Hall–Kier alpha value is -4.05. The normalized spacial score (nSPS) is 11.6. The third kappa shape index (κ3) is 4.99. The van der Waals surface area contributed by atoms with Gasteiger partial charge in [-0.25, -0.2) is 14.2 Å². The van der Waals surface area contributed by atoms with Gasteiger partial charge in [0.2, 0.25) is 5.95 Å². The summed E-state index contributed by atoms with van der Waals surface area (Å²) in [6, 6.07) is 14.6. The number of carbonyl (C=O) groups excluding carboxylic acids is 1. The quantitative estimate of drug-likeness (QED) is 0.357. The van der Waals surface area contributed by atoms with Gasteiger partial charge >= 0.3 is 11.4 Å². The summed E-state index contributed by atoms with van der Waals surface area (Å²) in [4.78, 5) is 53.3. The predicted molar refractivity (Wildman–Crippen MR) is 139 cm³/mol. The molecule has 1 amide bonds. The van der Waals surface area contributed by atoms with Gasteiger partial charge in [-0.3, -0.25) is 9.36 Å². The maximum absolute atomic E-state index is 13.5. The molecule has 0 fully saturated rings. The number of aromatic nitrogens is 4. The molecule has 0 aliphatic carbocycles. The van der Waals surface area contributed by atoms with E-state index in [1.807, 2.05) is 30.5 Å². The Labute approximate surface area is 211 Å². The Kier molecular flexibility index (Phi) is 6.89. The zero-order valence-electron chi connectivity index (χ0n) is 20.1. The fourth-order valence-electron chi connectivity index (χ4n) is 3.94. The van der Waals surface area contributed by atoms with Crippen LogP contribution in [0.3, 0.4) is 0 Å². The fraction of sp³-hybridized carbons (Fsp3) is 0.280. The molecule has 0 aliphatic rings. The van der Waals surface area contributed by atoms with Gasteiger partial charge in [0.1, 0.15) is 0 Å². The Morgan fingerprint density at radius 1 is 1.08 bits per heavy atom. The van der Waals surface area contributed by atoms with Crippen LogP contribution in [0.1, 0.15) is 26.3 Å². The standard InChI is InChI=1S/C25H25ClN6O4/c1-4-30-12-11-17-13-19(9-10-20(17)30)27-22-28-23(34)32(15-25(2,3)21(33)29-36)24(35)31(22)14-16-5-7-18(26)8-6-16/h5-13H,4,14-15H2,1-3H3,(H,27,28,34). The summed E-state index contributed by atoms with van der Waals surface area (Å²) in [5.74, 6) is -0.921. The summed E-state index contributed by atoms with van der Waals surface area (Å²) in [5, 5.41) is 7.09. The molecule has 2 aromatic heterocycles. The molecule has 11 heteroatoms. The van der Waals surface area contributed by atoms with Crippen molar-refractivity contribution in [2.24, 2.45) is 10.6 Å². The van der Waals surface area contributed by atoms with Gasteiger partial charge in [0.05, 0.1) is 12.0 Å².